The van der Waals surface area contributed by atoms with E-state index in [-0.39, 0.29) is 0 Å². The van der Waals surface area contributed by atoms with Crippen molar-refractivity contribution in [1.82, 2.24) is 4.98 Å². The van der Waals surface area contributed by atoms with Crippen LogP contribution in [0.25, 0.3) is 10.9 Å². The lowest BCUT2D eigenvalue weighted by Crippen LogP contribution is -2.40. The first kappa shape index (κ1) is 11.8. The molecule has 3 rings (SSSR count). The van der Waals surface area contributed by atoms with Crippen molar-refractivity contribution < 1.29 is 0 Å². The number of benzene rings is 1. The molecule has 0 bridgehead atoms. The molecule has 1 aromatic carbocycles. The largest absolute Gasteiger partial charge is 0.369 e. The summed E-state index contributed by atoms with van der Waals surface area (Å²) in [5.74, 6) is 0.994. The monoisotopic (exact) mass is 258 g/mol. The van der Waals surface area contributed by atoms with E-state index in [4.69, 9.17) is 0 Å². The fourth-order valence-electron chi connectivity index (χ4n) is 2.44. The smallest absolute Gasteiger partial charge is 0.126 e. The van der Waals surface area contributed by atoms with E-state index < -0.39 is 0 Å². The number of para-hydroxylation sites is 1. The van der Waals surface area contributed by atoms with Crippen molar-refractivity contribution in [3.63, 3.8) is 0 Å². The minimum atomic E-state index is 0.452. The van der Waals surface area contributed by atoms with Gasteiger partial charge in [-0.25, -0.2) is 4.98 Å². The summed E-state index contributed by atoms with van der Waals surface area (Å²) >= 11 is 1.99. The molecule has 94 valence electrons. The summed E-state index contributed by atoms with van der Waals surface area (Å²) in [7, 11) is 0. The quantitative estimate of drug-likeness (QED) is 0.899. The predicted molar refractivity (Wildman–Crippen MR) is 80.3 cm³/mol. The van der Waals surface area contributed by atoms with Gasteiger partial charge in [0.25, 0.3) is 0 Å². The van der Waals surface area contributed by atoms with E-state index in [0.29, 0.717) is 4.75 Å². The first-order valence-corrected chi connectivity index (χ1v) is 7.69. The molecule has 1 heterocycles. The van der Waals surface area contributed by atoms with Gasteiger partial charge in [0.2, 0.25) is 0 Å². The third-order valence-electron chi connectivity index (χ3n) is 3.89. The maximum absolute atomic E-state index is 4.65. The zero-order valence-electron chi connectivity index (χ0n) is 10.6. The first-order valence-electron chi connectivity index (χ1n) is 6.46. The molecule has 18 heavy (non-hydrogen) atoms. The number of rotatable bonds is 4. The van der Waals surface area contributed by atoms with E-state index in [0.717, 1.165) is 17.9 Å². The molecule has 1 aliphatic carbocycles. The molecule has 3 heteroatoms. The van der Waals surface area contributed by atoms with Crippen LogP contribution < -0.4 is 5.32 Å². The summed E-state index contributed by atoms with van der Waals surface area (Å²) in [5.41, 5.74) is 1.06. The summed E-state index contributed by atoms with van der Waals surface area (Å²) < 4.78 is 0.452. The molecule has 1 fully saturated rings. The number of hydrogen-bond donors (Lipinski definition) is 1. The van der Waals surface area contributed by atoms with Gasteiger partial charge >= 0.3 is 0 Å². The van der Waals surface area contributed by atoms with Gasteiger partial charge in [-0.2, -0.15) is 11.8 Å². The van der Waals surface area contributed by atoms with Crippen LogP contribution in [0.15, 0.2) is 36.4 Å². The molecule has 0 atom stereocenters. The highest BCUT2D eigenvalue weighted by molar-refractivity contribution is 8.00. The number of fused-ring (bicyclic) bond motifs is 1. The van der Waals surface area contributed by atoms with Gasteiger partial charge in [-0.15, -0.1) is 0 Å². The Morgan fingerprint density at radius 2 is 2.06 bits per heavy atom. The number of nitrogens with one attached hydrogen (secondary N) is 1. The van der Waals surface area contributed by atoms with Crippen LogP contribution in [0.1, 0.15) is 19.3 Å². The fourth-order valence-corrected chi connectivity index (χ4v) is 3.35. The lowest BCUT2D eigenvalue weighted by Gasteiger charge is -2.40. The van der Waals surface area contributed by atoms with E-state index in [2.05, 4.69) is 40.8 Å². The minimum Gasteiger partial charge on any atom is -0.369 e. The van der Waals surface area contributed by atoms with Gasteiger partial charge < -0.3 is 5.32 Å². The SMILES string of the molecule is CSC1(CNc2ccc3ccccc3n2)CCC1. The Labute approximate surface area is 112 Å². The third kappa shape index (κ3) is 2.19. The lowest BCUT2D eigenvalue weighted by molar-refractivity contribution is 0.379. The van der Waals surface area contributed by atoms with E-state index in [1.54, 1.807) is 0 Å². The number of nitrogens with zero attached hydrogens (tertiary/aromatic N) is 1. The molecule has 1 saturated carbocycles. The second kappa shape index (κ2) is 4.81. The van der Waals surface area contributed by atoms with Crippen LogP contribution in [-0.2, 0) is 0 Å². The van der Waals surface area contributed by atoms with Gasteiger partial charge in [-0.05, 0) is 37.3 Å². The zero-order chi connectivity index (χ0) is 12.4. The van der Waals surface area contributed by atoms with Crippen LogP contribution in [-0.4, -0.2) is 22.5 Å². The number of hydrogen-bond acceptors (Lipinski definition) is 3. The Kier molecular flexibility index (Phi) is 3.16. The predicted octanol–water partition coefficient (Wildman–Crippen LogP) is 3.93. The molecule has 0 radical (unpaired) electrons. The number of pyridine rings is 1. The van der Waals surface area contributed by atoms with Crippen molar-refractivity contribution in [3.8, 4) is 0 Å². The standard InChI is InChI=1S/C15H18N2S/c1-18-15(9-4-10-15)11-16-14-8-7-12-5-2-3-6-13(12)17-14/h2-3,5-8H,4,9-11H2,1H3,(H,16,17). The fraction of sp³-hybridized carbons (Fsp3) is 0.400. The van der Waals surface area contributed by atoms with Crippen LogP contribution >= 0.6 is 11.8 Å². The Balaban J connectivity index is 1.74. The number of anilines is 1. The maximum Gasteiger partial charge on any atom is 0.126 e. The average Bonchev–Trinajstić information content (AvgIpc) is 2.38. The van der Waals surface area contributed by atoms with Crippen LogP contribution in [0.3, 0.4) is 0 Å². The summed E-state index contributed by atoms with van der Waals surface area (Å²) in [6.07, 6.45) is 6.24. The zero-order valence-corrected chi connectivity index (χ0v) is 11.5. The highest BCUT2D eigenvalue weighted by atomic mass is 32.2. The average molecular weight is 258 g/mol. The van der Waals surface area contributed by atoms with Crippen LogP contribution in [0, 0.1) is 0 Å². The van der Waals surface area contributed by atoms with E-state index in [1.165, 1.54) is 24.6 Å². The lowest BCUT2D eigenvalue weighted by atomic mass is 9.84. The van der Waals surface area contributed by atoms with Gasteiger partial charge in [-0.1, -0.05) is 24.6 Å². The molecular weight excluding hydrogens is 240 g/mol. The molecule has 0 aliphatic heterocycles. The van der Waals surface area contributed by atoms with Crippen LogP contribution in [0.4, 0.5) is 5.82 Å². The molecular formula is C15H18N2S. The summed E-state index contributed by atoms with van der Waals surface area (Å²) in [4.78, 5) is 4.65. The second-order valence-corrected chi connectivity index (χ2v) is 6.26. The number of aromatic nitrogens is 1. The second-order valence-electron chi connectivity index (χ2n) is 4.98. The van der Waals surface area contributed by atoms with Crippen molar-refractivity contribution in [1.29, 1.82) is 0 Å². The van der Waals surface area contributed by atoms with E-state index in [9.17, 15) is 0 Å². The van der Waals surface area contributed by atoms with Crippen molar-refractivity contribution >= 4 is 28.5 Å². The molecule has 2 aromatic rings. The molecule has 1 aromatic heterocycles. The highest BCUT2D eigenvalue weighted by Crippen LogP contribution is 2.42. The highest BCUT2D eigenvalue weighted by Gasteiger charge is 2.35. The number of thioether (sulfide) groups is 1. The summed E-state index contributed by atoms with van der Waals surface area (Å²) in [6, 6.07) is 12.5. The maximum atomic E-state index is 4.65. The van der Waals surface area contributed by atoms with E-state index >= 15 is 0 Å². The van der Waals surface area contributed by atoms with Crippen molar-refractivity contribution in [2.75, 3.05) is 18.1 Å². The van der Waals surface area contributed by atoms with Gasteiger partial charge in [0.15, 0.2) is 0 Å². The Morgan fingerprint density at radius 3 is 2.78 bits per heavy atom. The van der Waals surface area contributed by atoms with Gasteiger partial charge in [0.1, 0.15) is 5.82 Å². The molecule has 0 unspecified atom stereocenters. The topological polar surface area (TPSA) is 24.9 Å². The van der Waals surface area contributed by atoms with Crippen LogP contribution in [0.5, 0.6) is 0 Å². The van der Waals surface area contributed by atoms with E-state index in [1.807, 2.05) is 23.9 Å². The Hall–Kier alpha value is -1.22. The Morgan fingerprint density at radius 1 is 1.22 bits per heavy atom. The normalized spacial score (nSPS) is 17.4. The molecule has 2 nitrogen and oxygen atoms in total. The first-order chi connectivity index (χ1) is 8.81. The summed E-state index contributed by atoms with van der Waals surface area (Å²) in [5, 5.41) is 4.70. The summed E-state index contributed by atoms with van der Waals surface area (Å²) in [6.45, 7) is 1.03. The van der Waals surface area contributed by atoms with Gasteiger partial charge in [0, 0.05) is 16.7 Å². The Bertz CT molecular complexity index is 543. The van der Waals surface area contributed by atoms with Crippen LogP contribution in [0.2, 0.25) is 0 Å². The minimum absolute atomic E-state index is 0.452. The van der Waals surface area contributed by atoms with Crippen molar-refractivity contribution in [2.45, 2.75) is 24.0 Å². The molecule has 0 spiro atoms. The molecule has 0 saturated heterocycles. The van der Waals surface area contributed by atoms with Crippen molar-refractivity contribution in [3.05, 3.63) is 36.4 Å². The molecule has 0 amide bonds. The van der Waals surface area contributed by atoms with Crippen molar-refractivity contribution in [2.24, 2.45) is 0 Å². The molecule has 1 N–H and O–H groups in total. The molecule has 1 aliphatic rings. The third-order valence-corrected chi connectivity index (χ3v) is 5.31. The van der Waals surface area contributed by atoms with Gasteiger partial charge in [-0.3, -0.25) is 0 Å². The van der Waals surface area contributed by atoms with Gasteiger partial charge in [0.05, 0.1) is 5.52 Å².